The Labute approximate surface area is 198 Å². The molecule has 6 nitrogen and oxygen atoms in total. The molecule has 2 aromatic rings. The molecule has 0 amide bonds. The van der Waals surface area contributed by atoms with Gasteiger partial charge in [-0.1, -0.05) is 52.0 Å². The molecule has 0 saturated heterocycles. The maximum atomic E-state index is 12.8. The van der Waals surface area contributed by atoms with Crippen LogP contribution in [0, 0.1) is 13.8 Å². The minimum absolute atomic E-state index is 0.205. The molecule has 2 rings (SSSR count). The molecule has 0 aromatic heterocycles. The predicted octanol–water partition coefficient (Wildman–Crippen LogP) is 7.30. The number of phenolic OH excluding ortho intramolecular Hbond substituents is 1. The van der Waals surface area contributed by atoms with Crippen LogP contribution in [0.1, 0.15) is 73.9 Å². The molecule has 7 heteroatoms. The highest BCUT2D eigenvalue weighted by Gasteiger charge is 2.19. The summed E-state index contributed by atoms with van der Waals surface area (Å²) in [6.45, 7) is 15.2. The molecule has 0 saturated carbocycles. The third kappa shape index (κ3) is 9.23. The second-order valence-corrected chi connectivity index (χ2v) is 10.8. The van der Waals surface area contributed by atoms with Gasteiger partial charge in [0.05, 0.1) is 6.61 Å². The summed E-state index contributed by atoms with van der Waals surface area (Å²) < 4.78 is 27.5. The van der Waals surface area contributed by atoms with Gasteiger partial charge in [0.2, 0.25) is 14.2 Å². The molecule has 1 N–H and O–H groups in total. The quantitative estimate of drug-likeness (QED) is 0.231. The molecule has 0 fully saturated rings. The van der Waals surface area contributed by atoms with Gasteiger partial charge < -0.3 is 14.6 Å². The van der Waals surface area contributed by atoms with Gasteiger partial charge in [-0.3, -0.25) is 9.09 Å². The lowest BCUT2D eigenvalue weighted by Crippen LogP contribution is -2.09. The molecule has 0 aliphatic rings. The molecule has 0 aliphatic heterocycles. The molecule has 2 aromatic carbocycles. The third-order valence-electron chi connectivity index (χ3n) is 5.09. The summed E-state index contributed by atoms with van der Waals surface area (Å²) in [4.78, 5) is 11.2. The van der Waals surface area contributed by atoms with Crippen LogP contribution in [0.25, 0.3) is 0 Å². The fourth-order valence-electron chi connectivity index (χ4n) is 3.56. The van der Waals surface area contributed by atoms with E-state index >= 15 is 0 Å². The van der Waals surface area contributed by atoms with E-state index in [1.807, 2.05) is 45.9 Å². The highest BCUT2D eigenvalue weighted by molar-refractivity contribution is 7.57. The zero-order valence-corrected chi connectivity index (χ0v) is 22.1. The van der Waals surface area contributed by atoms with Crippen LogP contribution >= 0.6 is 7.37 Å². The highest BCUT2D eigenvalue weighted by Crippen LogP contribution is 2.46. The molecule has 0 heterocycles. The minimum atomic E-state index is -2.99. The summed E-state index contributed by atoms with van der Waals surface area (Å²) in [6.07, 6.45) is 0.164. The van der Waals surface area contributed by atoms with Crippen LogP contribution in [0.15, 0.2) is 30.3 Å². The van der Waals surface area contributed by atoms with Crippen LogP contribution in [-0.4, -0.2) is 31.3 Å². The summed E-state index contributed by atoms with van der Waals surface area (Å²) in [6, 6.07) is 9.82. The van der Waals surface area contributed by atoms with Gasteiger partial charge in [-0.2, -0.15) is 0 Å². The van der Waals surface area contributed by atoms with E-state index in [0.717, 1.165) is 34.2 Å². The van der Waals surface area contributed by atoms with E-state index in [0.29, 0.717) is 5.75 Å². The minimum Gasteiger partial charge on any atom is -0.508 e. The molecule has 0 aliphatic carbocycles. The van der Waals surface area contributed by atoms with Crippen molar-refractivity contribution in [3.8, 4) is 5.75 Å². The first-order valence-corrected chi connectivity index (χ1v) is 13.7. The number of carbonyl (C=O) groups is 1. The summed E-state index contributed by atoms with van der Waals surface area (Å²) in [5.41, 5.74) is 6.42. The number of benzene rings is 2. The molecular weight excluding hydrogens is 439 g/mol. The number of ether oxygens (including phenoxy) is 2. The molecule has 33 heavy (non-hydrogen) atoms. The number of aryl methyl sites for hydroxylation is 2. The highest BCUT2D eigenvalue weighted by atomic mass is 31.2. The second-order valence-electron chi connectivity index (χ2n) is 8.18. The van der Waals surface area contributed by atoms with Gasteiger partial charge in [-0.15, -0.1) is 0 Å². The second kappa shape index (κ2) is 13.4. The predicted molar refractivity (Wildman–Crippen MR) is 134 cm³/mol. The van der Waals surface area contributed by atoms with E-state index in [9.17, 15) is 14.5 Å². The van der Waals surface area contributed by atoms with Crippen molar-refractivity contribution in [3.63, 3.8) is 0 Å². The average Bonchev–Trinajstić information content (AvgIpc) is 2.73. The van der Waals surface area contributed by atoms with Gasteiger partial charge in [-0.05, 0) is 72.6 Å². The lowest BCUT2D eigenvalue weighted by molar-refractivity contribution is 0.00831. The Bertz CT molecular complexity index is 944. The maximum Gasteiger partial charge on any atom is 0.510 e. The largest absolute Gasteiger partial charge is 0.510 e. The number of phenols is 1. The van der Waals surface area contributed by atoms with E-state index in [1.54, 1.807) is 13.0 Å². The average molecular weight is 479 g/mol. The van der Waals surface area contributed by atoms with E-state index < -0.39 is 20.3 Å². The Hall–Kier alpha value is -2.30. The van der Waals surface area contributed by atoms with Crippen LogP contribution in [0.3, 0.4) is 0 Å². The Kier molecular flexibility index (Phi) is 11.7. The van der Waals surface area contributed by atoms with Crippen LogP contribution in [0.4, 0.5) is 4.79 Å². The van der Waals surface area contributed by atoms with E-state index in [2.05, 4.69) is 24.7 Å². The van der Waals surface area contributed by atoms with Crippen molar-refractivity contribution in [1.29, 1.82) is 0 Å². The zero-order valence-electron chi connectivity index (χ0n) is 21.2. The lowest BCUT2D eigenvalue weighted by Gasteiger charge is -2.17. The standard InChI is InChI=1S/C24H33O6P.C2H6/c1-7-28-24(26)29-15-30-31(6,27)14-20-10-17(4)22(18(5)11-20)13-19-8-9-23(25)21(12-19)16(2)3;1-2/h8-12,16,25H,7,13-15H2,1-6H3;1-2H3. The van der Waals surface area contributed by atoms with Crippen LogP contribution in [0.2, 0.25) is 0 Å². The van der Waals surface area contributed by atoms with Crippen molar-refractivity contribution in [2.24, 2.45) is 0 Å². The van der Waals surface area contributed by atoms with Gasteiger partial charge in [0.1, 0.15) is 5.75 Å². The van der Waals surface area contributed by atoms with Crippen LogP contribution in [-0.2, 0) is 31.1 Å². The van der Waals surface area contributed by atoms with E-state index in [-0.39, 0.29) is 18.7 Å². The lowest BCUT2D eigenvalue weighted by atomic mass is 9.92. The number of aromatic hydroxyl groups is 1. The number of rotatable bonds is 9. The van der Waals surface area contributed by atoms with Crippen molar-refractivity contribution in [1.82, 2.24) is 0 Å². The summed E-state index contributed by atoms with van der Waals surface area (Å²) in [5, 5.41) is 10.1. The van der Waals surface area contributed by atoms with Gasteiger partial charge >= 0.3 is 6.16 Å². The monoisotopic (exact) mass is 478 g/mol. The normalized spacial score (nSPS) is 12.5. The smallest absolute Gasteiger partial charge is 0.508 e. The van der Waals surface area contributed by atoms with Crippen LogP contribution < -0.4 is 0 Å². The fraction of sp³-hybridized carbons (Fsp3) is 0.500. The van der Waals surface area contributed by atoms with Crippen molar-refractivity contribution < 1.29 is 28.5 Å². The fourth-order valence-corrected chi connectivity index (χ4v) is 4.77. The zero-order chi connectivity index (χ0) is 25.2. The van der Waals surface area contributed by atoms with Gasteiger partial charge in [-0.25, -0.2) is 4.79 Å². The maximum absolute atomic E-state index is 12.8. The Balaban J connectivity index is 0.00000265. The first kappa shape index (κ1) is 28.7. The molecule has 1 atom stereocenters. The summed E-state index contributed by atoms with van der Waals surface area (Å²) in [5.74, 6) is 0.573. The van der Waals surface area contributed by atoms with Crippen molar-refractivity contribution in [2.45, 2.75) is 67.0 Å². The Morgan fingerprint density at radius 2 is 1.64 bits per heavy atom. The molecule has 184 valence electrons. The van der Waals surface area contributed by atoms with Crippen LogP contribution in [0.5, 0.6) is 5.75 Å². The SMILES string of the molecule is CC.CCOC(=O)OCOP(C)(=O)Cc1cc(C)c(Cc2ccc(O)c(C(C)C)c2)c(C)c1. The summed E-state index contributed by atoms with van der Waals surface area (Å²) in [7, 11) is -2.99. The Morgan fingerprint density at radius 1 is 1.03 bits per heavy atom. The topological polar surface area (TPSA) is 82.1 Å². The van der Waals surface area contributed by atoms with Crippen molar-refractivity contribution in [2.75, 3.05) is 20.1 Å². The Morgan fingerprint density at radius 3 is 2.18 bits per heavy atom. The molecular formula is C26H39O6P. The number of carbonyl (C=O) groups excluding carboxylic acids is 1. The van der Waals surface area contributed by atoms with Gasteiger partial charge in [0.15, 0.2) is 0 Å². The first-order chi connectivity index (χ1) is 15.5. The van der Waals surface area contributed by atoms with Crippen molar-refractivity contribution >= 4 is 13.5 Å². The molecule has 1 unspecified atom stereocenters. The third-order valence-corrected chi connectivity index (χ3v) is 6.68. The van der Waals surface area contributed by atoms with Crippen molar-refractivity contribution in [3.05, 3.63) is 63.7 Å². The van der Waals surface area contributed by atoms with Gasteiger partial charge in [0.25, 0.3) is 0 Å². The molecule has 0 spiro atoms. The number of hydrogen-bond donors (Lipinski definition) is 1. The van der Waals surface area contributed by atoms with E-state index in [4.69, 9.17) is 9.26 Å². The van der Waals surface area contributed by atoms with E-state index in [1.165, 1.54) is 12.2 Å². The number of hydrogen-bond acceptors (Lipinski definition) is 6. The molecule has 0 radical (unpaired) electrons. The first-order valence-electron chi connectivity index (χ1n) is 11.4. The summed E-state index contributed by atoms with van der Waals surface area (Å²) >= 11 is 0. The molecule has 0 bridgehead atoms. The van der Waals surface area contributed by atoms with Gasteiger partial charge in [0, 0.05) is 12.8 Å².